The van der Waals surface area contributed by atoms with Gasteiger partial charge in [0, 0.05) is 7.11 Å². The fraction of sp³-hybridized carbons (Fsp3) is 0.350. The first kappa shape index (κ1) is 17.6. The van der Waals surface area contributed by atoms with Gasteiger partial charge in [-0.25, -0.2) is 4.79 Å². The van der Waals surface area contributed by atoms with Crippen molar-refractivity contribution in [2.45, 2.75) is 31.5 Å². The summed E-state index contributed by atoms with van der Waals surface area (Å²) in [4.78, 5) is 12.1. The number of hydrogen-bond donors (Lipinski definition) is 0. The summed E-state index contributed by atoms with van der Waals surface area (Å²) in [6, 6.07) is 19.5. The van der Waals surface area contributed by atoms with Gasteiger partial charge >= 0.3 is 5.97 Å². The van der Waals surface area contributed by atoms with Gasteiger partial charge in [0.25, 0.3) is 0 Å². The van der Waals surface area contributed by atoms with Gasteiger partial charge in [-0.05, 0) is 11.1 Å². The molecule has 0 unspecified atom stereocenters. The fourth-order valence-electron chi connectivity index (χ4n) is 2.81. The molecule has 0 aliphatic carbocycles. The Morgan fingerprint density at radius 3 is 2.12 bits per heavy atom. The van der Waals surface area contributed by atoms with E-state index in [-0.39, 0.29) is 6.61 Å². The van der Waals surface area contributed by atoms with Crippen LogP contribution in [0.5, 0.6) is 0 Å². The average molecular weight is 342 g/mol. The minimum absolute atomic E-state index is 0.268. The predicted molar refractivity (Wildman–Crippen MR) is 91.8 cm³/mol. The van der Waals surface area contributed by atoms with Crippen molar-refractivity contribution in [3.63, 3.8) is 0 Å². The molecule has 0 aromatic heterocycles. The highest BCUT2D eigenvalue weighted by Crippen LogP contribution is 2.23. The van der Waals surface area contributed by atoms with Gasteiger partial charge in [0.05, 0.1) is 19.8 Å². The Balaban J connectivity index is 1.52. The molecule has 0 saturated carbocycles. The monoisotopic (exact) mass is 342 g/mol. The summed E-state index contributed by atoms with van der Waals surface area (Å²) in [5, 5.41) is 0. The molecule has 0 bridgehead atoms. The number of methoxy groups -OCH3 is 1. The number of cyclic esters (lactones) is 1. The first-order valence-electron chi connectivity index (χ1n) is 8.28. The van der Waals surface area contributed by atoms with E-state index in [4.69, 9.17) is 18.9 Å². The molecular weight excluding hydrogens is 320 g/mol. The molecule has 132 valence electrons. The maximum absolute atomic E-state index is 12.1. The number of esters is 1. The SMILES string of the molecule is CO[C@@H]1[C@@H](COCc2ccccc2)OC(=O)[C@@H]1OCc1ccccc1. The lowest BCUT2D eigenvalue weighted by molar-refractivity contribution is -0.151. The summed E-state index contributed by atoms with van der Waals surface area (Å²) >= 11 is 0. The van der Waals surface area contributed by atoms with Gasteiger partial charge in [-0.2, -0.15) is 0 Å². The third-order valence-electron chi connectivity index (χ3n) is 4.10. The van der Waals surface area contributed by atoms with Crippen molar-refractivity contribution in [2.24, 2.45) is 0 Å². The molecule has 0 radical (unpaired) electrons. The van der Waals surface area contributed by atoms with E-state index in [0.29, 0.717) is 13.2 Å². The number of rotatable bonds is 8. The largest absolute Gasteiger partial charge is 0.455 e. The van der Waals surface area contributed by atoms with E-state index in [2.05, 4.69) is 0 Å². The van der Waals surface area contributed by atoms with Crippen LogP contribution in [0.4, 0.5) is 0 Å². The highest BCUT2D eigenvalue weighted by molar-refractivity contribution is 5.78. The number of carbonyl (C=O) groups excluding carboxylic acids is 1. The van der Waals surface area contributed by atoms with E-state index in [1.165, 1.54) is 0 Å². The summed E-state index contributed by atoms with van der Waals surface area (Å²) in [5.74, 6) is -0.406. The molecule has 0 N–H and O–H groups in total. The van der Waals surface area contributed by atoms with Crippen LogP contribution in [0.2, 0.25) is 0 Å². The third kappa shape index (κ3) is 4.66. The number of carbonyl (C=O) groups is 1. The van der Waals surface area contributed by atoms with Crippen LogP contribution < -0.4 is 0 Å². The molecule has 25 heavy (non-hydrogen) atoms. The number of benzene rings is 2. The zero-order valence-corrected chi connectivity index (χ0v) is 14.2. The first-order valence-corrected chi connectivity index (χ1v) is 8.28. The van der Waals surface area contributed by atoms with Gasteiger partial charge < -0.3 is 18.9 Å². The van der Waals surface area contributed by atoms with Crippen molar-refractivity contribution in [3.05, 3.63) is 71.8 Å². The summed E-state index contributed by atoms with van der Waals surface area (Å²) in [6.45, 7) is 1.06. The standard InChI is InChI=1S/C20H22O5/c1-22-18-17(14-23-12-15-8-4-2-5-9-15)25-20(21)19(18)24-13-16-10-6-3-7-11-16/h2-11,17-19H,12-14H2,1H3/t17-,18-,19-/m1/s1. The van der Waals surface area contributed by atoms with Gasteiger partial charge in [-0.3, -0.25) is 0 Å². The zero-order chi connectivity index (χ0) is 17.5. The van der Waals surface area contributed by atoms with Crippen molar-refractivity contribution in [1.29, 1.82) is 0 Å². The molecule has 5 heteroatoms. The van der Waals surface area contributed by atoms with Crippen LogP contribution in [0, 0.1) is 0 Å². The minimum atomic E-state index is -0.740. The van der Waals surface area contributed by atoms with E-state index < -0.39 is 24.3 Å². The van der Waals surface area contributed by atoms with E-state index in [1.54, 1.807) is 7.11 Å². The maximum Gasteiger partial charge on any atom is 0.338 e. The van der Waals surface area contributed by atoms with Crippen molar-refractivity contribution >= 4 is 5.97 Å². The van der Waals surface area contributed by atoms with Crippen LogP contribution in [0.3, 0.4) is 0 Å². The molecule has 1 aliphatic rings. The molecule has 3 rings (SSSR count). The van der Waals surface area contributed by atoms with Crippen LogP contribution in [0.15, 0.2) is 60.7 Å². The second-order valence-corrected chi connectivity index (χ2v) is 5.89. The van der Waals surface area contributed by atoms with Crippen molar-refractivity contribution in [2.75, 3.05) is 13.7 Å². The summed E-state index contributed by atoms with van der Waals surface area (Å²) in [5.41, 5.74) is 2.06. The van der Waals surface area contributed by atoms with Gasteiger partial charge in [0.1, 0.15) is 6.10 Å². The third-order valence-corrected chi connectivity index (χ3v) is 4.10. The molecular formula is C20H22O5. The molecule has 1 fully saturated rings. The summed E-state index contributed by atoms with van der Waals surface area (Å²) in [7, 11) is 1.55. The minimum Gasteiger partial charge on any atom is -0.455 e. The maximum atomic E-state index is 12.1. The molecule has 0 amide bonds. The van der Waals surface area contributed by atoms with E-state index in [1.807, 2.05) is 60.7 Å². The molecule has 1 heterocycles. The molecule has 3 atom stereocenters. The van der Waals surface area contributed by atoms with Crippen LogP contribution in [-0.2, 0) is 37.0 Å². The lowest BCUT2D eigenvalue weighted by atomic mass is 10.1. The van der Waals surface area contributed by atoms with Gasteiger partial charge in [-0.15, -0.1) is 0 Å². The number of ether oxygens (including phenoxy) is 4. The molecule has 1 aliphatic heterocycles. The van der Waals surface area contributed by atoms with E-state index in [0.717, 1.165) is 11.1 Å². The average Bonchev–Trinajstić information content (AvgIpc) is 2.96. The zero-order valence-electron chi connectivity index (χ0n) is 14.2. The Morgan fingerprint density at radius 1 is 0.920 bits per heavy atom. The Morgan fingerprint density at radius 2 is 1.52 bits per heavy atom. The molecule has 2 aromatic rings. The normalized spacial score (nSPS) is 22.8. The van der Waals surface area contributed by atoms with Gasteiger partial charge in [-0.1, -0.05) is 60.7 Å². The van der Waals surface area contributed by atoms with Crippen LogP contribution in [-0.4, -0.2) is 38.0 Å². The van der Waals surface area contributed by atoms with Crippen LogP contribution in [0.1, 0.15) is 11.1 Å². The summed E-state index contributed by atoms with van der Waals surface area (Å²) < 4.78 is 22.3. The first-order chi connectivity index (χ1) is 12.3. The quantitative estimate of drug-likeness (QED) is 0.691. The lowest BCUT2D eigenvalue weighted by Crippen LogP contribution is -2.37. The van der Waals surface area contributed by atoms with Crippen LogP contribution in [0.25, 0.3) is 0 Å². The molecule has 0 spiro atoms. The van der Waals surface area contributed by atoms with E-state index >= 15 is 0 Å². The second-order valence-electron chi connectivity index (χ2n) is 5.89. The highest BCUT2D eigenvalue weighted by atomic mass is 16.6. The lowest BCUT2D eigenvalue weighted by Gasteiger charge is -2.19. The molecule has 5 nitrogen and oxygen atoms in total. The second kappa shape index (κ2) is 8.76. The van der Waals surface area contributed by atoms with E-state index in [9.17, 15) is 4.79 Å². The Kier molecular flexibility index (Phi) is 6.17. The Hall–Kier alpha value is -2.21. The van der Waals surface area contributed by atoms with Gasteiger partial charge in [0.2, 0.25) is 0 Å². The van der Waals surface area contributed by atoms with Crippen molar-refractivity contribution in [3.8, 4) is 0 Å². The smallest absolute Gasteiger partial charge is 0.338 e. The van der Waals surface area contributed by atoms with Crippen LogP contribution >= 0.6 is 0 Å². The predicted octanol–water partition coefficient (Wildman–Crippen LogP) is 2.73. The number of hydrogen-bond acceptors (Lipinski definition) is 5. The highest BCUT2D eigenvalue weighted by Gasteiger charge is 2.46. The fourth-order valence-corrected chi connectivity index (χ4v) is 2.81. The van der Waals surface area contributed by atoms with Crippen molar-refractivity contribution < 1.29 is 23.7 Å². The Labute approximate surface area is 147 Å². The topological polar surface area (TPSA) is 54.0 Å². The van der Waals surface area contributed by atoms with Crippen molar-refractivity contribution in [1.82, 2.24) is 0 Å². The summed E-state index contributed by atoms with van der Waals surface area (Å²) in [6.07, 6.45) is -1.69. The van der Waals surface area contributed by atoms with Gasteiger partial charge in [0.15, 0.2) is 12.2 Å². The molecule has 1 saturated heterocycles. The molecule has 2 aromatic carbocycles. The Bertz CT molecular complexity index is 658.